The number of pyridine rings is 1. The third kappa shape index (κ3) is 6.25. The quantitative estimate of drug-likeness (QED) is 0.403. The summed E-state index contributed by atoms with van der Waals surface area (Å²) in [7, 11) is -3.49. The van der Waals surface area contributed by atoms with E-state index in [1.54, 1.807) is 6.20 Å². The molecule has 0 saturated carbocycles. The van der Waals surface area contributed by atoms with Gasteiger partial charge in [0, 0.05) is 38.8 Å². The zero-order valence-corrected chi connectivity index (χ0v) is 16.1. The Morgan fingerprint density at radius 3 is 2.65 bits per heavy atom. The van der Waals surface area contributed by atoms with Crippen LogP contribution in [-0.4, -0.2) is 60.9 Å². The molecule has 0 radical (unpaired) electrons. The third-order valence-corrected chi connectivity index (χ3v) is 6.23. The molecule has 1 aromatic rings. The number of sulfonamides is 1. The number of aromatic nitrogens is 1. The molecule has 144 valence electrons. The van der Waals surface area contributed by atoms with E-state index in [-0.39, 0.29) is 5.75 Å². The Morgan fingerprint density at radius 2 is 2.04 bits per heavy atom. The highest BCUT2D eigenvalue weighted by molar-refractivity contribution is 7.89. The Bertz CT molecular complexity index is 692. The second-order valence-electron chi connectivity index (χ2n) is 6.31. The second-order valence-corrected chi connectivity index (χ2v) is 8.33. The average molecular weight is 381 g/mol. The SMILES string of the molecule is CCCCCC#CC(CS(=O)(=O)N1CCN(c2ccccn2)CC1)NO. The fourth-order valence-electron chi connectivity index (χ4n) is 2.82. The summed E-state index contributed by atoms with van der Waals surface area (Å²) >= 11 is 0. The van der Waals surface area contributed by atoms with Gasteiger partial charge in [-0.25, -0.2) is 13.4 Å². The van der Waals surface area contributed by atoms with Gasteiger partial charge in [0.15, 0.2) is 0 Å². The monoisotopic (exact) mass is 380 g/mol. The van der Waals surface area contributed by atoms with Crippen molar-refractivity contribution in [2.75, 3.05) is 36.8 Å². The van der Waals surface area contributed by atoms with Crippen LogP contribution in [0.5, 0.6) is 0 Å². The molecule has 1 aliphatic heterocycles. The number of anilines is 1. The van der Waals surface area contributed by atoms with Gasteiger partial charge in [-0.1, -0.05) is 31.8 Å². The number of hydrogen-bond donors (Lipinski definition) is 2. The van der Waals surface area contributed by atoms with Gasteiger partial charge in [-0.15, -0.1) is 5.92 Å². The maximum atomic E-state index is 12.6. The zero-order chi connectivity index (χ0) is 18.8. The first kappa shape index (κ1) is 20.6. The number of hydrogen-bond acceptors (Lipinski definition) is 6. The van der Waals surface area contributed by atoms with Crippen molar-refractivity contribution in [3.05, 3.63) is 24.4 Å². The Labute approximate surface area is 156 Å². The van der Waals surface area contributed by atoms with Crippen molar-refractivity contribution >= 4 is 15.8 Å². The minimum absolute atomic E-state index is 0.228. The highest BCUT2D eigenvalue weighted by atomic mass is 32.2. The summed E-state index contributed by atoms with van der Waals surface area (Å²) in [6.45, 7) is 4.11. The van der Waals surface area contributed by atoms with E-state index < -0.39 is 16.1 Å². The van der Waals surface area contributed by atoms with Gasteiger partial charge in [-0.05, 0) is 18.6 Å². The molecule has 1 unspecified atom stereocenters. The molecule has 0 amide bonds. The molecule has 2 N–H and O–H groups in total. The topological polar surface area (TPSA) is 85.8 Å². The van der Waals surface area contributed by atoms with E-state index >= 15 is 0 Å². The summed E-state index contributed by atoms with van der Waals surface area (Å²) in [4.78, 5) is 6.37. The van der Waals surface area contributed by atoms with Crippen LogP contribution in [0.15, 0.2) is 24.4 Å². The molecule has 0 bridgehead atoms. The van der Waals surface area contributed by atoms with Crippen LogP contribution in [0.4, 0.5) is 5.82 Å². The summed E-state index contributed by atoms with van der Waals surface area (Å²) in [5, 5.41) is 9.23. The van der Waals surface area contributed by atoms with Crippen LogP contribution in [0.25, 0.3) is 0 Å². The predicted octanol–water partition coefficient (Wildman–Crippen LogP) is 1.46. The molecule has 7 nitrogen and oxygen atoms in total. The maximum Gasteiger partial charge on any atom is 0.216 e. The van der Waals surface area contributed by atoms with E-state index in [1.165, 1.54) is 4.31 Å². The number of hydroxylamine groups is 1. The average Bonchev–Trinajstić information content (AvgIpc) is 2.67. The molecule has 1 aromatic heterocycles. The normalized spacial score (nSPS) is 16.8. The summed E-state index contributed by atoms with van der Waals surface area (Å²) in [5.74, 6) is 6.40. The Kier molecular flexibility index (Phi) is 8.32. The fourth-order valence-corrected chi connectivity index (χ4v) is 4.33. The van der Waals surface area contributed by atoms with E-state index in [4.69, 9.17) is 0 Å². The minimum Gasteiger partial charge on any atom is -0.354 e. The molecule has 2 rings (SSSR count). The first-order valence-electron chi connectivity index (χ1n) is 9.08. The summed E-state index contributed by atoms with van der Waals surface area (Å²) in [6, 6.07) is 4.93. The van der Waals surface area contributed by atoms with Crippen LogP contribution in [0.2, 0.25) is 0 Å². The standard InChI is InChI=1S/C18H28N4O3S/c1-2-3-4-5-6-9-17(20-23)16-26(24,25)22-14-12-21(13-15-22)18-10-7-8-11-19-18/h7-8,10-11,17,20,23H,2-5,12-16H2,1H3. The van der Waals surface area contributed by atoms with Crippen molar-refractivity contribution < 1.29 is 13.6 Å². The summed E-state index contributed by atoms with van der Waals surface area (Å²) < 4.78 is 26.7. The molecule has 0 aliphatic carbocycles. The van der Waals surface area contributed by atoms with Crippen LogP contribution >= 0.6 is 0 Å². The molecule has 0 spiro atoms. The summed E-state index contributed by atoms with van der Waals surface area (Å²) in [5.41, 5.74) is 2.02. The van der Waals surface area contributed by atoms with Crippen molar-refractivity contribution in [3.8, 4) is 11.8 Å². The molecule has 2 heterocycles. The number of rotatable bonds is 8. The number of unbranched alkanes of at least 4 members (excludes halogenated alkanes) is 3. The van der Waals surface area contributed by atoms with Gasteiger partial charge < -0.3 is 10.1 Å². The second kappa shape index (κ2) is 10.5. The van der Waals surface area contributed by atoms with Crippen molar-refractivity contribution in [1.29, 1.82) is 0 Å². The maximum absolute atomic E-state index is 12.6. The lowest BCUT2D eigenvalue weighted by Gasteiger charge is -2.34. The van der Waals surface area contributed by atoms with E-state index in [9.17, 15) is 13.6 Å². The van der Waals surface area contributed by atoms with Gasteiger partial charge in [0.2, 0.25) is 10.0 Å². The van der Waals surface area contributed by atoms with Gasteiger partial charge in [0.25, 0.3) is 0 Å². The van der Waals surface area contributed by atoms with E-state index in [2.05, 4.69) is 28.6 Å². The van der Waals surface area contributed by atoms with Crippen LogP contribution in [0.1, 0.15) is 32.6 Å². The van der Waals surface area contributed by atoms with E-state index in [1.807, 2.05) is 23.7 Å². The predicted molar refractivity (Wildman–Crippen MR) is 102 cm³/mol. The third-order valence-electron chi connectivity index (χ3n) is 4.32. The van der Waals surface area contributed by atoms with Crippen LogP contribution in [0, 0.1) is 11.8 Å². The Balaban J connectivity index is 1.87. The van der Waals surface area contributed by atoms with E-state index in [0.29, 0.717) is 26.2 Å². The van der Waals surface area contributed by atoms with E-state index in [0.717, 1.165) is 31.5 Å². The van der Waals surface area contributed by atoms with Gasteiger partial charge in [-0.2, -0.15) is 9.79 Å². The lowest BCUT2D eigenvalue weighted by molar-refractivity contribution is 0.153. The molecule has 1 saturated heterocycles. The molecule has 1 atom stereocenters. The lowest BCUT2D eigenvalue weighted by atomic mass is 10.2. The Hall–Kier alpha value is -1.66. The summed E-state index contributed by atoms with van der Waals surface area (Å²) in [6.07, 6.45) is 5.65. The largest absolute Gasteiger partial charge is 0.354 e. The molecule has 26 heavy (non-hydrogen) atoms. The molecular formula is C18H28N4O3S. The highest BCUT2D eigenvalue weighted by Crippen LogP contribution is 2.15. The first-order valence-corrected chi connectivity index (χ1v) is 10.7. The van der Waals surface area contributed by atoms with Crippen molar-refractivity contribution in [1.82, 2.24) is 14.8 Å². The van der Waals surface area contributed by atoms with Gasteiger partial charge >= 0.3 is 0 Å². The van der Waals surface area contributed by atoms with Gasteiger partial charge in [0.1, 0.15) is 11.9 Å². The molecule has 0 aromatic carbocycles. The molecule has 8 heteroatoms. The number of nitrogens with zero attached hydrogens (tertiary/aromatic N) is 3. The van der Waals surface area contributed by atoms with Crippen LogP contribution in [-0.2, 0) is 10.0 Å². The number of nitrogens with one attached hydrogen (secondary N) is 1. The molecule has 1 aliphatic rings. The smallest absolute Gasteiger partial charge is 0.216 e. The van der Waals surface area contributed by atoms with Crippen molar-refractivity contribution in [2.45, 2.75) is 38.6 Å². The van der Waals surface area contributed by atoms with Gasteiger partial charge in [-0.3, -0.25) is 0 Å². The zero-order valence-electron chi connectivity index (χ0n) is 15.3. The van der Waals surface area contributed by atoms with Crippen LogP contribution < -0.4 is 10.4 Å². The van der Waals surface area contributed by atoms with Crippen LogP contribution in [0.3, 0.4) is 0 Å². The van der Waals surface area contributed by atoms with Gasteiger partial charge in [0.05, 0.1) is 5.75 Å². The lowest BCUT2D eigenvalue weighted by Crippen LogP contribution is -2.51. The fraction of sp³-hybridized carbons (Fsp3) is 0.611. The highest BCUT2D eigenvalue weighted by Gasteiger charge is 2.29. The Morgan fingerprint density at radius 1 is 1.27 bits per heavy atom. The number of piperazine rings is 1. The first-order chi connectivity index (χ1) is 12.6. The molecule has 1 fully saturated rings. The minimum atomic E-state index is -3.49. The van der Waals surface area contributed by atoms with Crippen molar-refractivity contribution in [2.24, 2.45) is 0 Å². The molecular weight excluding hydrogens is 352 g/mol. The van der Waals surface area contributed by atoms with Crippen molar-refractivity contribution in [3.63, 3.8) is 0 Å².